The summed E-state index contributed by atoms with van der Waals surface area (Å²) in [5.74, 6) is 2.45. The number of carbonyl (C=O) groups excluding carboxylic acids is 1. The van der Waals surface area contributed by atoms with Gasteiger partial charge in [0.15, 0.2) is 5.82 Å². The lowest BCUT2D eigenvalue weighted by molar-refractivity contribution is -0.126. The Hall–Kier alpha value is -2.96. The summed E-state index contributed by atoms with van der Waals surface area (Å²) < 4.78 is 5.52. The topological polar surface area (TPSA) is 84.2 Å². The first-order chi connectivity index (χ1) is 15.6. The van der Waals surface area contributed by atoms with Crippen molar-refractivity contribution in [2.75, 3.05) is 18.0 Å². The highest BCUT2D eigenvalue weighted by Gasteiger charge is 2.28. The maximum Gasteiger partial charge on any atom is 0.261 e. The van der Waals surface area contributed by atoms with E-state index < -0.39 is 0 Å². The van der Waals surface area contributed by atoms with Gasteiger partial charge in [0.1, 0.15) is 5.82 Å². The Kier molecular flexibility index (Phi) is 5.81. The standard InChI is InChI=1S/C25H31N5O2/c1-16-8-9-22-19(14-16)15-21(25-26-17(2)29-32-25)23(28-22)30-12-10-20(11-13-30)27-24(31)18-6-4-3-5-7-18/h8-9,14-15,18,20H,3-7,10-13H2,1-2H3,(H,27,31). The number of benzene rings is 1. The third-order valence-electron chi connectivity index (χ3n) is 6.82. The number of piperidine rings is 1. The van der Waals surface area contributed by atoms with Gasteiger partial charge in [-0.3, -0.25) is 4.79 Å². The molecule has 0 radical (unpaired) electrons. The number of aromatic nitrogens is 3. The van der Waals surface area contributed by atoms with E-state index in [1.807, 2.05) is 6.92 Å². The monoisotopic (exact) mass is 433 g/mol. The van der Waals surface area contributed by atoms with Gasteiger partial charge in [-0.05, 0) is 57.7 Å². The zero-order valence-electron chi connectivity index (χ0n) is 18.9. The van der Waals surface area contributed by atoms with Crippen LogP contribution in [0.25, 0.3) is 22.4 Å². The average molecular weight is 434 g/mol. The SMILES string of the molecule is Cc1ccc2nc(N3CCC(NC(=O)C4CCCCC4)CC3)c(-c3nc(C)no3)cc2c1. The maximum atomic E-state index is 12.7. The minimum atomic E-state index is 0.208. The average Bonchev–Trinajstić information content (AvgIpc) is 3.25. The van der Waals surface area contributed by atoms with Crippen molar-refractivity contribution in [2.24, 2.45) is 5.92 Å². The Morgan fingerprint density at radius 1 is 1.03 bits per heavy atom. The summed E-state index contributed by atoms with van der Waals surface area (Å²) in [6.45, 7) is 5.57. The third kappa shape index (κ3) is 4.33. The van der Waals surface area contributed by atoms with Crippen LogP contribution >= 0.6 is 0 Å². The van der Waals surface area contributed by atoms with Crippen molar-refractivity contribution in [3.05, 3.63) is 35.7 Å². The fourth-order valence-corrected chi connectivity index (χ4v) is 5.01. The molecule has 0 unspecified atom stereocenters. The Morgan fingerprint density at radius 3 is 2.53 bits per heavy atom. The molecular weight excluding hydrogens is 402 g/mol. The summed E-state index contributed by atoms with van der Waals surface area (Å²) in [5, 5.41) is 8.37. The van der Waals surface area contributed by atoms with Gasteiger partial charge in [-0.1, -0.05) is 36.0 Å². The van der Waals surface area contributed by atoms with E-state index in [0.29, 0.717) is 11.7 Å². The first-order valence-electron chi connectivity index (χ1n) is 11.8. The molecule has 0 spiro atoms. The Bertz CT molecular complexity index is 1110. The van der Waals surface area contributed by atoms with Crippen LogP contribution in [0.5, 0.6) is 0 Å². The Balaban J connectivity index is 1.35. The number of pyridine rings is 1. The molecule has 1 aromatic carbocycles. The van der Waals surface area contributed by atoms with Crippen molar-refractivity contribution in [1.29, 1.82) is 0 Å². The number of hydrogen-bond acceptors (Lipinski definition) is 6. The maximum absolute atomic E-state index is 12.7. The predicted octanol–water partition coefficient (Wildman–Crippen LogP) is 4.57. The van der Waals surface area contributed by atoms with E-state index in [4.69, 9.17) is 9.51 Å². The molecule has 7 heteroatoms. The van der Waals surface area contributed by atoms with Crippen LogP contribution in [0.2, 0.25) is 0 Å². The summed E-state index contributed by atoms with van der Waals surface area (Å²) >= 11 is 0. The van der Waals surface area contributed by atoms with Crippen LogP contribution in [0.15, 0.2) is 28.8 Å². The van der Waals surface area contributed by atoms with Gasteiger partial charge in [0.2, 0.25) is 5.91 Å². The van der Waals surface area contributed by atoms with Gasteiger partial charge in [0.05, 0.1) is 11.1 Å². The van der Waals surface area contributed by atoms with E-state index in [-0.39, 0.29) is 17.9 Å². The fraction of sp³-hybridized carbons (Fsp3) is 0.520. The Labute approximate surface area is 188 Å². The van der Waals surface area contributed by atoms with Crippen LogP contribution in [0, 0.1) is 19.8 Å². The van der Waals surface area contributed by atoms with Gasteiger partial charge in [-0.15, -0.1) is 0 Å². The molecule has 1 aliphatic heterocycles. The quantitative estimate of drug-likeness (QED) is 0.649. The lowest BCUT2D eigenvalue weighted by Crippen LogP contribution is -2.47. The van der Waals surface area contributed by atoms with Gasteiger partial charge >= 0.3 is 0 Å². The van der Waals surface area contributed by atoms with E-state index >= 15 is 0 Å². The van der Waals surface area contributed by atoms with Gasteiger partial charge in [0, 0.05) is 30.4 Å². The second-order valence-corrected chi connectivity index (χ2v) is 9.31. The molecule has 1 aliphatic carbocycles. The first-order valence-corrected chi connectivity index (χ1v) is 11.8. The summed E-state index contributed by atoms with van der Waals surface area (Å²) in [7, 11) is 0. The summed E-state index contributed by atoms with van der Waals surface area (Å²) in [6, 6.07) is 8.62. The van der Waals surface area contributed by atoms with Crippen LogP contribution in [-0.2, 0) is 4.79 Å². The van der Waals surface area contributed by atoms with Crippen molar-refractivity contribution in [2.45, 2.75) is 64.8 Å². The summed E-state index contributed by atoms with van der Waals surface area (Å²) in [6.07, 6.45) is 7.53. The molecule has 3 heterocycles. The molecular formula is C25H31N5O2. The molecule has 0 bridgehead atoms. The number of rotatable bonds is 4. The third-order valence-corrected chi connectivity index (χ3v) is 6.82. The van der Waals surface area contributed by atoms with E-state index in [0.717, 1.165) is 61.1 Å². The number of anilines is 1. The molecule has 168 valence electrons. The summed E-state index contributed by atoms with van der Waals surface area (Å²) in [5.41, 5.74) is 3.01. The van der Waals surface area contributed by atoms with Gasteiger partial charge in [-0.25, -0.2) is 4.98 Å². The van der Waals surface area contributed by atoms with E-state index in [2.05, 4.69) is 51.5 Å². The van der Waals surface area contributed by atoms with Crippen LogP contribution < -0.4 is 10.2 Å². The van der Waals surface area contributed by atoms with Crippen LogP contribution in [0.1, 0.15) is 56.3 Å². The number of fused-ring (bicyclic) bond motifs is 1. The molecule has 0 atom stereocenters. The highest BCUT2D eigenvalue weighted by molar-refractivity contribution is 5.88. The zero-order valence-corrected chi connectivity index (χ0v) is 18.9. The molecule has 1 N–H and O–H groups in total. The minimum Gasteiger partial charge on any atom is -0.356 e. The molecule has 2 fully saturated rings. The lowest BCUT2D eigenvalue weighted by Gasteiger charge is -2.35. The van der Waals surface area contributed by atoms with Crippen molar-refractivity contribution in [1.82, 2.24) is 20.4 Å². The molecule has 1 saturated carbocycles. The second-order valence-electron chi connectivity index (χ2n) is 9.31. The van der Waals surface area contributed by atoms with Crippen molar-refractivity contribution in [3.8, 4) is 11.5 Å². The summed E-state index contributed by atoms with van der Waals surface area (Å²) in [4.78, 5) is 24.4. The molecule has 3 aromatic rings. The van der Waals surface area contributed by atoms with E-state index in [1.54, 1.807) is 0 Å². The lowest BCUT2D eigenvalue weighted by atomic mass is 9.88. The van der Waals surface area contributed by atoms with Crippen LogP contribution in [0.3, 0.4) is 0 Å². The Morgan fingerprint density at radius 2 is 1.81 bits per heavy atom. The number of nitrogens with one attached hydrogen (secondary N) is 1. The molecule has 1 saturated heterocycles. The highest BCUT2D eigenvalue weighted by atomic mass is 16.5. The number of hydrogen-bond donors (Lipinski definition) is 1. The molecule has 2 aliphatic rings. The van der Waals surface area contributed by atoms with Gasteiger partial charge < -0.3 is 14.7 Å². The highest BCUT2D eigenvalue weighted by Crippen LogP contribution is 2.33. The van der Waals surface area contributed by atoms with E-state index in [1.165, 1.54) is 24.8 Å². The van der Waals surface area contributed by atoms with Crippen molar-refractivity contribution >= 4 is 22.6 Å². The number of carbonyl (C=O) groups is 1. The largest absolute Gasteiger partial charge is 0.356 e. The molecule has 2 aromatic heterocycles. The number of nitrogens with zero attached hydrogens (tertiary/aromatic N) is 4. The van der Waals surface area contributed by atoms with Crippen molar-refractivity contribution in [3.63, 3.8) is 0 Å². The zero-order chi connectivity index (χ0) is 22.1. The van der Waals surface area contributed by atoms with E-state index in [9.17, 15) is 4.79 Å². The normalized spacial score (nSPS) is 18.2. The van der Waals surface area contributed by atoms with Crippen LogP contribution in [0.4, 0.5) is 5.82 Å². The minimum absolute atomic E-state index is 0.208. The van der Waals surface area contributed by atoms with Crippen molar-refractivity contribution < 1.29 is 9.32 Å². The molecule has 7 nitrogen and oxygen atoms in total. The predicted molar refractivity (Wildman–Crippen MR) is 124 cm³/mol. The molecule has 1 amide bonds. The number of aryl methyl sites for hydroxylation is 2. The van der Waals surface area contributed by atoms with Crippen LogP contribution in [-0.4, -0.2) is 40.2 Å². The molecule has 5 rings (SSSR count). The van der Waals surface area contributed by atoms with Gasteiger partial charge in [0.25, 0.3) is 5.89 Å². The first kappa shape index (κ1) is 20.9. The second kappa shape index (κ2) is 8.88. The smallest absolute Gasteiger partial charge is 0.261 e. The van der Waals surface area contributed by atoms with Gasteiger partial charge in [-0.2, -0.15) is 4.98 Å². The molecule has 32 heavy (non-hydrogen) atoms. The fourth-order valence-electron chi connectivity index (χ4n) is 5.01. The number of amides is 1.